The number of para-hydroxylation sites is 9. The first-order valence-corrected chi connectivity index (χ1v) is 36.7. The molecular formula is C96H63B2N5S. The normalized spacial score (nSPS) is 12.9. The van der Waals surface area contributed by atoms with E-state index in [1.165, 1.54) is 64.4 Å². The van der Waals surface area contributed by atoms with Gasteiger partial charge in [0.15, 0.2) is 0 Å². The molecule has 0 bridgehead atoms. The van der Waals surface area contributed by atoms with Crippen LogP contribution in [-0.4, -0.2) is 18.0 Å². The second kappa shape index (κ2) is 24.4. The van der Waals surface area contributed by atoms with Gasteiger partial charge in [0, 0.05) is 99.7 Å². The molecule has 0 saturated heterocycles. The van der Waals surface area contributed by atoms with Crippen LogP contribution in [0.15, 0.2) is 392 Å². The second-order valence-corrected chi connectivity index (χ2v) is 28.5. The number of rotatable bonds is 11. The SMILES string of the molecule is c1ccc(-c2cccc(-c3ccccc3)c2N2c3ccccc3B3c4cc5c(cc4Sc4cc(-n6c7ccccc7c7ccccc76)cc2c43)N(c2c(-c3ccccc3)cccc2-c2ccccc2)c2cc(N(c3ccccc3)c3ccccc3)cc3c2B5c2ccccc2N3c2ccccc2)cc1. The standard InChI is InChI=1S/C96H63B2N5S/c1-8-32-64(33-9-1)73-48-30-49-74(65-34-10-2-11-35-65)95(73)102-86-57-29-25-53-80(86)98-82-62-81-87(63-91(82)104-92-61-72(60-90(102)94(92)98)101-83-54-26-22-46-77(83)78-47-23-27-55-84(78)101)103(96-75(66-36-12-3-13-37-66)50-31-51-76(96)67-38-14-4-15-39-67)89-59-71(99(68-40-16-5-17-41-68)69-42-18-6-19-43-69)58-88-93(89)97(81)79-52-24-28-56-85(79)100(88)70-44-20-7-21-45-70/h1-63H. The Kier molecular flexibility index (Phi) is 14.0. The van der Waals surface area contributed by atoms with Gasteiger partial charge in [0.2, 0.25) is 6.71 Å². The van der Waals surface area contributed by atoms with Crippen molar-refractivity contribution in [1.29, 1.82) is 0 Å². The maximum absolute atomic E-state index is 2.70. The van der Waals surface area contributed by atoms with Crippen molar-refractivity contribution in [3.63, 3.8) is 0 Å². The van der Waals surface area contributed by atoms with Crippen LogP contribution in [0.3, 0.4) is 0 Å². The first-order chi connectivity index (χ1) is 51.7. The molecule has 0 saturated carbocycles. The van der Waals surface area contributed by atoms with Crippen molar-refractivity contribution >= 4 is 148 Å². The van der Waals surface area contributed by atoms with E-state index < -0.39 is 0 Å². The molecule has 0 spiro atoms. The van der Waals surface area contributed by atoms with Gasteiger partial charge in [-0.2, -0.15) is 0 Å². The molecule has 0 N–H and O–H groups in total. The zero-order valence-corrected chi connectivity index (χ0v) is 57.5. The van der Waals surface area contributed by atoms with Crippen LogP contribution in [0.4, 0.5) is 68.2 Å². The van der Waals surface area contributed by atoms with Gasteiger partial charge in [0.1, 0.15) is 0 Å². The summed E-state index contributed by atoms with van der Waals surface area (Å²) in [5, 5.41) is 2.45. The van der Waals surface area contributed by atoms with Crippen LogP contribution in [0.25, 0.3) is 72.0 Å². The predicted octanol–water partition coefficient (Wildman–Crippen LogP) is 21.8. The van der Waals surface area contributed by atoms with E-state index in [-0.39, 0.29) is 13.4 Å². The third kappa shape index (κ3) is 9.38. The molecule has 104 heavy (non-hydrogen) atoms. The van der Waals surface area contributed by atoms with Gasteiger partial charge in [0.05, 0.1) is 28.1 Å². The Hall–Kier alpha value is -13.0. The van der Waals surface area contributed by atoms with E-state index in [1.807, 2.05) is 11.8 Å². The summed E-state index contributed by atoms with van der Waals surface area (Å²) in [5.41, 5.74) is 33.6. The lowest BCUT2D eigenvalue weighted by molar-refractivity contribution is 1.15. The Morgan fingerprint density at radius 2 is 0.635 bits per heavy atom. The number of aromatic nitrogens is 1. The van der Waals surface area contributed by atoms with Crippen molar-refractivity contribution in [1.82, 2.24) is 4.57 Å². The third-order valence-electron chi connectivity index (χ3n) is 21.7. The first kappa shape index (κ1) is 59.8. The number of anilines is 12. The lowest BCUT2D eigenvalue weighted by Crippen LogP contribution is -2.64. The van der Waals surface area contributed by atoms with Crippen LogP contribution < -0.4 is 52.4 Å². The van der Waals surface area contributed by atoms with Gasteiger partial charge in [-0.3, -0.25) is 0 Å². The average molecular weight is 1340 g/mol. The maximum atomic E-state index is 2.70. The van der Waals surface area contributed by atoms with Gasteiger partial charge in [-0.25, -0.2) is 0 Å². The Labute approximate surface area is 610 Å². The molecule has 5 heterocycles. The second-order valence-electron chi connectivity index (χ2n) is 27.4. The van der Waals surface area contributed by atoms with E-state index in [4.69, 9.17) is 0 Å². The van der Waals surface area contributed by atoms with Crippen molar-refractivity contribution in [2.24, 2.45) is 0 Å². The summed E-state index contributed by atoms with van der Waals surface area (Å²) in [6, 6.07) is 143. The van der Waals surface area contributed by atoms with Gasteiger partial charge in [-0.05, 0) is 141 Å². The molecule has 4 aliphatic rings. The maximum Gasteiger partial charge on any atom is 0.252 e. The number of fused-ring (bicyclic) bond motifs is 11. The molecule has 17 aromatic rings. The summed E-state index contributed by atoms with van der Waals surface area (Å²) in [7, 11) is 0. The number of benzene rings is 16. The fourth-order valence-electron chi connectivity index (χ4n) is 17.5. The molecule has 5 nitrogen and oxygen atoms in total. The van der Waals surface area contributed by atoms with Crippen molar-refractivity contribution in [3.05, 3.63) is 382 Å². The third-order valence-corrected chi connectivity index (χ3v) is 22.9. The highest BCUT2D eigenvalue weighted by Crippen LogP contribution is 2.55. The minimum atomic E-state index is -0.210. The highest BCUT2D eigenvalue weighted by Gasteiger charge is 2.49. The minimum absolute atomic E-state index is 0.177. The van der Waals surface area contributed by atoms with Crippen LogP contribution >= 0.6 is 11.8 Å². The van der Waals surface area contributed by atoms with E-state index in [2.05, 4.69) is 406 Å². The van der Waals surface area contributed by atoms with E-state index in [0.29, 0.717) is 0 Å². The van der Waals surface area contributed by atoms with E-state index in [1.54, 1.807) is 0 Å². The monoisotopic (exact) mass is 1340 g/mol. The summed E-state index contributed by atoms with van der Waals surface area (Å²) in [4.78, 5) is 12.8. The highest BCUT2D eigenvalue weighted by molar-refractivity contribution is 8.00. The molecule has 21 rings (SSSR count). The van der Waals surface area contributed by atoms with Gasteiger partial charge in [-0.15, -0.1) is 0 Å². The topological polar surface area (TPSA) is 17.9 Å². The van der Waals surface area contributed by atoms with Gasteiger partial charge in [0.25, 0.3) is 6.71 Å². The molecule has 0 unspecified atom stereocenters. The zero-order valence-electron chi connectivity index (χ0n) is 56.7. The van der Waals surface area contributed by atoms with Crippen molar-refractivity contribution in [3.8, 4) is 50.2 Å². The largest absolute Gasteiger partial charge is 0.311 e. The lowest BCUT2D eigenvalue weighted by Gasteiger charge is -2.46. The van der Waals surface area contributed by atoms with Gasteiger partial charge < -0.3 is 24.2 Å². The summed E-state index contributed by atoms with van der Waals surface area (Å²) in [6.45, 7) is -0.388. The summed E-state index contributed by atoms with van der Waals surface area (Å²) >= 11 is 1.93. The molecule has 8 heteroatoms. The zero-order chi connectivity index (χ0) is 68.3. The van der Waals surface area contributed by atoms with Crippen LogP contribution in [0.5, 0.6) is 0 Å². The molecule has 0 amide bonds. The smallest absolute Gasteiger partial charge is 0.252 e. The molecule has 16 aromatic carbocycles. The molecule has 1 aromatic heterocycles. The van der Waals surface area contributed by atoms with Crippen molar-refractivity contribution in [2.45, 2.75) is 9.79 Å². The Balaban J connectivity index is 0.895. The Morgan fingerprint density at radius 3 is 1.13 bits per heavy atom. The van der Waals surface area contributed by atoms with Crippen LogP contribution in [0.1, 0.15) is 0 Å². The van der Waals surface area contributed by atoms with E-state index in [9.17, 15) is 0 Å². The molecule has 4 aliphatic heterocycles. The molecule has 0 radical (unpaired) electrons. The average Bonchev–Trinajstić information content (AvgIpc) is 0.690. The van der Waals surface area contributed by atoms with Gasteiger partial charge >= 0.3 is 0 Å². The number of nitrogens with zero attached hydrogens (tertiary/aromatic N) is 5. The first-order valence-electron chi connectivity index (χ1n) is 35.9. The molecule has 0 fully saturated rings. The Morgan fingerprint density at radius 1 is 0.240 bits per heavy atom. The lowest BCUT2D eigenvalue weighted by atomic mass is 9.31. The van der Waals surface area contributed by atoms with E-state index in [0.717, 1.165) is 118 Å². The highest BCUT2D eigenvalue weighted by atomic mass is 32.2. The van der Waals surface area contributed by atoms with Crippen LogP contribution in [0.2, 0.25) is 0 Å². The number of hydrogen-bond donors (Lipinski definition) is 0. The molecule has 484 valence electrons. The van der Waals surface area contributed by atoms with Gasteiger partial charge in [-0.1, -0.05) is 308 Å². The summed E-state index contributed by atoms with van der Waals surface area (Å²) in [5.74, 6) is 0. The Bertz CT molecular complexity index is 6030. The molecule has 0 atom stereocenters. The fourth-order valence-corrected chi connectivity index (χ4v) is 18.7. The molecular weight excluding hydrogens is 1280 g/mol. The van der Waals surface area contributed by atoms with E-state index >= 15 is 0 Å². The summed E-state index contributed by atoms with van der Waals surface area (Å²) < 4.78 is 2.52. The van der Waals surface area contributed by atoms with Crippen LogP contribution in [0, 0.1) is 0 Å². The fraction of sp³-hybridized carbons (Fsp3) is 0. The quantitative estimate of drug-likeness (QED) is 0.120. The molecule has 0 aliphatic carbocycles. The minimum Gasteiger partial charge on any atom is -0.311 e. The van der Waals surface area contributed by atoms with Crippen molar-refractivity contribution in [2.75, 3.05) is 19.6 Å². The predicted molar refractivity (Wildman–Crippen MR) is 441 cm³/mol. The van der Waals surface area contributed by atoms with Crippen molar-refractivity contribution < 1.29 is 0 Å². The summed E-state index contributed by atoms with van der Waals surface area (Å²) in [6.07, 6.45) is 0. The van der Waals surface area contributed by atoms with Crippen LogP contribution in [-0.2, 0) is 0 Å². The number of hydrogen-bond acceptors (Lipinski definition) is 5.